The zero-order chi connectivity index (χ0) is 12.3. The van der Waals surface area contributed by atoms with Crippen molar-refractivity contribution in [3.63, 3.8) is 0 Å². The van der Waals surface area contributed by atoms with Crippen LogP contribution in [-0.4, -0.2) is 10.1 Å². The molecule has 0 aliphatic rings. The van der Waals surface area contributed by atoms with Crippen molar-refractivity contribution in [1.29, 1.82) is 0 Å². The molecule has 0 saturated carbocycles. The van der Waals surface area contributed by atoms with Gasteiger partial charge >= 0.3 is 0 Å². The van der Waals surface area contributed by atoms with Gasteiger partial charge in [0.1, 0.15) is 0 Å². The Labute approximate surface area is 102 Å². The second kappa shape index (κ2) is 4.70. The molecule has 0 bridgehead atoms. The molecule has 3 nitrogen and oxygen atoms in total. The normalized spacial score (nSPS) is 11.7. The van der Waals surface area contributed by atoms with Crippen LogP contribution < -0.4 is 0 Å². The lowest BCUT2D eigenvalue weighted by atomic mass is 9.88. The molecule has 2 aromatic rings. The third-order valence-electron chi connectivity index (χ3n) is 2.91. The molecule has 3 heteroatoms. The second-order valence-electron chi connectivity index (χ2n) is 4.92. The van der Waals surface area contributed by atoms with E-state index < -0.39 is 0 Å². The lowest BCUT2D eigenvalue weighted by Crippen LogP contribution is -2.16. The predicted molar refractivity (Wildman–Crippen MR) is 67.7 cm³/mol. The summed E-state index contributed by atoms with van der Waals surface area (Å²) in [6.45, 7) is 6.44. The van der Waals surface area contributed by atoms with Crippen molar-refractivity contribution in [2.24, 2.45) is 0 Å². The Hall–Kier alpha value is -1.64. The van der Waals surface area contributed by atoms with E-state index in [1.807, 2.05) is 30.3 Å². The van der Waals surface area contributed by atoms with Gasteiger partial charge in [-0.15, -0.1) is 0 Å². The van der Waals surface area contributed by atoms with E-state index in [0.29, 0.717) is 5.82 Å². The first-order valence-electron chi connectivity index (χ1n) is 6.03. The van der Waals surface area contributed by atoms with E-state index in [2.05, 4.69) is 30.9 Å². The van der Waals surface area contributed by atoms with Crippen LogP contribution in [0.2, 0.25) is 0 Å². The molecule has 2 rings (SSSR count). The summed E-state index contributed by atoms with van der Waals surface area (Å²) in [5, 5.41) is 4.05. The first kappa shape index (κ1) is 11.8. The first-order valence-corrected chi connectivity index (χ1v) is 6.03. The largest absolute Gasteiger partial charge is 0.338 e. The summed E-state index contributed by atoms with van der Waals surface area (Å²) in [7, 11) is 0. The number of hydrogen-bond acceptors (Lipinski definition) is 3. The van der Waals surface area contributed by atoms with Gasteiger partial charge in [-0.3, -0.25) is 0 Å². The maximum Gasteiger partial charge on any atom is 0.232 e. The third-order valence-corrected chi connectivity index (χ3v) is 2.91. The van der Waals surface area contributed by atoms with E-state index in [4.69, 9.17) is 4.52 Å². The van der Waals surface area contributed by atoms with Crippen molar-refractivity contribution < 1.29 is 4.52 Å². The molecule has 1 heterocycles. The maximum absolute atomic E-state index is 5.38. The van der Waals surface area contributed by atoms with E-state index in [0.717, 1.165) is 24.3 Å². The fourth-order valence-electron chi connectivity index (χ4n) is 1.93. The van der Waals surface area contributed by atoms with Gasteiger partial charge in [-0.1, -0.05) is 62.7 Å². The standard InChI is InChI=1S/C14H18N2O/c1-4-10-14(2,3)13-15-12(16-17-13)11-8-6-5-7-9-11/h5-9H,4,10H2,1-3H3. The van der Waals surface area contributed by atoms with E-state index in [1.54, 1.807) is 0 Å². The van der Waals surface area contributed by atoms with Crippen molar-refractivity contribution in [1.82, 2.24) is 10.1 Å². The van der Waals surface area contributed by atoms with E-state index in [-0.39, 0.29) is 5.41 Å². The van der Waals surface area contributed by atoms with Crippen molar-refractivity contribution in [3.8, 4) is 11.4 Å². The van der Waals surface area contributed by atoms with E-state index >= 15 is 0 Å². The van der Waals surface area contributed by atoms with Crippen LogP contribution in [0.4, 0.5) is 0 Å². The monoisotopic (exact) mass is 230 g/mol. The highest BCUT2D eigenvalue weighted by atomic mass is 16.5. The molecule has 0 saturated heterocycles. The maximum atomic E-state index is 5.38. The summed E-state index contributed by atoms with van der Waals surface area (Å²) >= 11 is 0. The molecule has 1 aromatic carbocycles. The summed E-state index contributed by atoms with van der Waals surface area (Å²) in [6, 6.07) is 9.90. The minimum absolute atomic E-state index is 0.0468. The smallest absolute Gasteiger partial charge is 0.232 e. The highest BCUT2D eigenvalue weighted by Crippen LogP contribution is 2.28. The Morgan fingerprint density at radius 2 is 1.88 bits per heavy atom. The molecule has 17 heavy (non-hydrogen) atoms. The Kier molecular flexibility index (Phi) is 3.27. The van der Waals surface area contributed by atoms with E-state index in [9.17, 15) is 0 Å². The highest BCUT2D eigenvalue weighted by molar-refractivity contribution is 5.53. The van der Waals surface area contributed by atoms with Crippen LogP contribution in [0.15, 0.2) is 34.9 Å². The topological polar surface area (TPSA) is 38.9 Å². The molecule has 0 radical (unpaired) electrons. The van der Waals surface area contributed by atoms with Crippen LogP contribution in [0.3, 0.4) is 0 Å². The quantitative estimate of drug-likeness (QED) is 0.801. The SMILES string of the molecule is CCCC(C)(C)c1nc(-c2ccccc2)no1. The Morgan fingerprint density at radius 1 is 1.18 bits per heavy atom. The minimum atomic E-state index is -0.0468. The second-order valence-corrected chi connectivity index (χ2v) is 4.92. The molecular formula is C14H18N2O. The van der Waals surface area contributed by atoms with Gasteiger partial charge in [0, 0.05) is 11.0 Å². The average Bonchev–Trinajstić information content (AvgIpc) is 2.80. The molecule has 0 atom stereocenters. The number of nitrogens with zero attached hydrogens (tertiary/aromatic N) is 2. The lowest BCUT2D eigenvalue weighted by Gasteiger charge is -2.17. The number of rotatable bonds is 4. The summed E-state index contributed by atoms with van der Waals surface area (Å²) in [6.07, 6.45) is 2.15. The summed E-state index contributed by atoms with van der Waals surface area (Å²) < 4.78 is 5.38. The first-order chi connectivity index (χ1) is 8.13. The molecule has 1 aromatic heterocycles. The Balaban J connectivity index is 2.28. The minimum Gasteiger partial charge on any atom is -0.338 e. The Bertz CT molecular complexity index is 474. The van der Waals surface area contributed by atoms with Crippen molar-refractivity contribution in [3.05, 3.63) is 36.2 Å². The zero-order valence-corrected chi connectivity index (χ0v) is 10.6. The predicted octanol–water partition coefficient (Wildman–Crippen LogP) is 3.81. The fourth-order valence-corrected chi connectivity index (χ4v) is 1.93. The molecule has 0 fully saturated rings. The van der Waals surface area contributed by atoms with Crippen LogP contribution in [0.25, 0.3) is 11.4 Å². The van der Waals surface area contributed by atoms with Gasteiger partial charge in [-0.25, -0.2) is 0 Å². The van der Waals surface area contributed by atoms with Gasteiger partial charge in [0.15, 0.2) is 0 Å². The lowest BCUT2D eigenvalue weighted by molar-refractivity contribution is 0.294. The van der Waals surface area contributed by atoms with Gasteiger partial charge in [-0.05, 0) is 6.42 Å². The van der Waals surface area contributed by atoms with Gasteiger partial charge in [-0.2, -0.15) is 4.98 Å². The van der Waals surface area contributed by atoms with Crippen LogP contribution in [0, 0.1) is 0 Å². The summed E-state index contributed by atoms with van der Waals surface area (Å²) in [5.74, 6) is 1.39. The third kappa shape index (κ3) is 2.54. The molecule has 0 aliphatic carbocycles. The van der Waals surface area contributed by atoms with Gasteiger partial charge in [0.2, 0.25) is 11.7 Å². The number of benzene rings is 1. The van der Waals surface area contributed by atoms with Crippen LogP contribution in [-0.2, 0) is 5.41 Å². The number of aromatic nitrogens is 2. The van der Waals surface area contributed by atoms with E-state index in [1.165, 1.54) is 0 Å². The molecule has 0 unspecified atom stereocenters. The molecular weight excluding hydrogens is 212 g/mol. The molecule has 0 spiro atoms. The van der Waals surface area contributed by atoms with Crippen molar-refractivity contribution in [2.45, 2.75) is 39.0 Å². The van der Waals surface area contributed by atoms with Crippen molar-refractivity contribution >= 4 is 0 Å². The van der Waals surface area contributed by atoms with Gasteiger partial charge in [0.05, 0.1) is 0 Å². The number of hydrogen-bond donors (Lipinski definition) is 0. The van der Waals surface area contributed by atoms with Gasteiger partial charge < -0.3 is 4.52 Å². The fraction of sp³-hybridized carbons (Fsp3) is 0.429. The van der Waals surface area contributed by atoms with Crippen LogP contribution in [0.5, 0.6) is 0 Å². The molecule has 0 amide bonds. The molecule has 0 aliphatic heterocycles. The summed E-state index contributed by atoms with van der Waals surface area (Å²) in [5.41, 5.74) is 0.948. The van der Waals surface area contributed by atoms with Crippen LogP contribution >= 0.6 is 0 Å². The highest BCUT2D eigenvalue weighted by Gasteiger charge is 2.26. The Morgan fingerprint density at radius 3 is 2.53 bits per heavy atom. The zero-order valence-electron chi connectivity index (χ0n) is 10.6. The summed E-state index contributed by atoms with van der Waals surface area (Å²) in [4.78, 5) is 4.49. The van der Waals surface area contributed by atoms with Crippen molar-refractivity contribution in [2.75, 3.05) is 0 Å². The van der Waals surface area contributed by atoms with Crippen LogP contribution in [0.1, 0.15) is 39.5 Å². The molecule has 0 N–H and O–H groups in total. The molecule has 90 valence electrons. The average molecular weight is 230 g/mol. The van der Waals surface area contributed by atoms with Gasteiger partial charge in [0.25, 0.3) is 0 Å².